The lowest BCUT2D eigenvalue weighted by molar-refractivity contribution is -0.116. The van der Waals surface area contributed by atoms with Crippen LogP contribution in [0.15, 0.2) is 110 Å². The molecule has 0 bridgehead atoms. The van der Waals surface area contributed by atoms with Gasteiger partial charge in [-0.3, -0.25) is 14.8 Å². The van der Waals surface area contributed by atoms with Crippen molar-refractivity contribution in [3.05, 3.63) is 121 Å². The van der Waals surface area contributed by atoms with Crippen LogP contribution < -0.4 is 10.6 Å². The Kier molecular flexibility index (Phi) is 6.54. The summed E-state index contributed by atoms with van der Waals surface area (Å²) in [5, 5.41) is 9.28. The topological polar surface area (TPSA) is 75.1 Å². The van der Waals surface area contributed by atoms with Crippen LogP contribution in [0.4, 0.5) is 5.69 Å². The number of thiocarbonyl (C=S) groups is 1. The number of carbonyl (C=O) groups is 1. The summed E-state index contributed by atoms with van der Waals surface area (Å²) in [7, 11) is 0. The summed E-state index contributed by atoms with van der Waals surface area (Å²) >= 11 is 5.81. The third kappa shape index (κ3) is 4.62. The van der Waals surface area contributed by atoms with E-state index in [2.05, 4.69) is 36.1 Å². The second-order valence-corrected chi connectivity index (χ2v) is 9.54. The number of hydrogen-bond acceptors (Lipinski definition) is 4. The standard InChI is InChI=1S/C30H26N6OS/c37-27(33-24-11-5-8-21-7-1-2-9-23(21)24)15-20-36-29(28(34-30(36)38)25-10-3-4-16-32-25)26-12-6-19-35(26)22-13-17-31-18-14-22/h1-14,16-19,28-29H,15,20H2,(H,33,37)(H,34,38)/t28-,29-/m1/s1. The number of aromatic nitrogens is 3. The lowest BCUT2D eigenvalue weighted by atomic mass is 10.0. The fourth-order valence-electron chi connectivity index (χ4n) is 5.11. The molecular weight excluding hydrogens is 492 g/mol. The van der Waals surface area contributed by atoms with Gasteiger partial charge in [-0.1, -0.05) is 42.5 Å². The van der Waals surface area contributed by atoms with E-state index in [1.165, 1.54) is 0 Å². The number of amides is 1. The molecule has 1 amide bonds. The van der Waals surface area contributed by atoms with E-state index in [9.17, 15) is 4.79 Å². The molecule has 6 rings (SSSR count). The first-order valence-corrected chi connectivity index (χ1v) is 12.9. The van der Waals surface area contributed by atoms with Crippen LogP contribution in [0, 0.1) is 0 Å². The number of benzene rings is 2. The molecule has 188 valence electrons. The number of rotatable bonds is 7. The molecule has 2 N–H and O–H groups in total. The van der Waals surface area contributed by atoms with Crippen molar-refractivity contribution >= 4 is 39.7 Å². The lowest BCUT2D eigenvalue weighted by Crippen LogP contribution is -2.33. The zero-order valence-corrected chi connectivity index (χ0v) is 21.4. The molecule has 0 radical (unpaired) electrons. The van der Waals surface area contributed by atoms with Crippen LogP contribution >= 0.6 is 12.2 Å². The van der Waals surface area contributed by atoms with E-state index in [4.69, 9.17) is 12.2 Å². The van der Waals surface area contributed by atoms with Gasteiger partial charge in [0.25, 0.3) is 0 Å². The third-order valence-corrected chi connectivity index (χ3v) is 7.22. The monoisotopic (exact) mass is 518 g/mol. The molecule has 4 heterocycles. The zero-order chi connectivity index (χ0) is 25.9. The maximum Gasteiger partial charge on any atom is 0.226 e. The minimum atomic E-state index is -0.166. The normalized spacial score (nSPS) is 16.9. The van der Waals surface area contributed by atoms with Gasteiger partial charge in [-0.25, -0.2) is 0 Å². The maximum absolute atomic E-state index is 13.1. The number of nitrogens with zero attached hydrogens (tertiary/aromatic N) is 4. The number of anilines is 1. The molecule has 0 aliphatic carbocycles. The SMILES string of the molecule is O=C(CCN1C(=S)N[C@H](c2ccccn2)[C@H]1c1cccn1-c1ccncc1)Nc1cccc2ccccc12. The van der Waals surface area contributed by atoms with Gasteiger partial charge in [0, 0.05) is 60.2 Å². The van der Waals surface area contributed by atoms with E-state index in [1.807, 2.05) is 85.1 Å². The molecule has 38 heavy (non-hydrogen) atoms. The van der Waals surface area contributed by atoms with Gasteiger partial charge in [-0.15, -0.1) is 0 Å². The Morgan fingerprint density at radius 3 is 2.58 bits per heavy atom. The Labute approximate surface area is 226 Å². The quantitative estimate of drug-likeness (QED) is 0.280. The second-order valence-electron chi connectivity index (χ2n) is 9.15. The molecule has 8 heteroatoms. The second kappa shape index (κ2) is 10.4. The highest BCUT2D eigenvalue weighted by Crippen LogP contribution is 2.39. The molecule has 5 aromatic rings. The van der Waals surface area contributed by atoms with Gasteiger partial charge in [0.05, 0.1) is 17.8 Å². The molecule has 0 unspecified atom stereocenters. The Morgan fingerprint density at radius 1 is 0.921 bits per heavy atom. The maximum atomic E-state index is 13.1. The van der Waals surface area contributed by atoms with Crippen molar-refractivity contribution in [2.75, 3.05) is 11.9 Å². The molecule has 1 aliphatic heterocycles. The smallest absolute Gasteiger partial charge is 0.226 e. The minimum absolute atomic E-state index is 0.0614. The summed E-state index contributed by atoms with van der Waals surface area (Å²) in [5.74, 6) is -0.0614. The van der Waals surface area contributed by atoms with Gasteiger partial charge in [0.1, 0.15) is 0 Å². The van der Waals surface area contributed by atoms with Crippen molar-refractivity contribution in [3.63, 3.8) is 0 Å². The molecule has 1 aliphatic rings. The Balaban J connectivity index is 1.28. The van der Waals surface area contributed by atoms with Crippen molar-refractivity contribution in [3.8, 4) is 5.69 Å². The molecule has 0 spiro atoms. The largest absolute Gasteiger partial charge is 0.352 e. The number of fused-ring (bicyclic) bond motifs is 1. The van der Waals surface area contributed by atoms with Gasteiger partial charge >= 0.3 is 0 Å². The number of carbonyl (C=O) groups excluding carboxylic acids is 1. The molecule has 1 saturated heterocycles. The van der Waals surface area contributed by atoms with Gasteiger partial charge in [-0.2, -0.15) is 0 Å². The van der Waals surface area contributed by atoms with E-state index in [1.54, 1.807) is 18.6 Å². The van der Waals surface area contributed by atoms with Crippen molar-refractivity contribution in [2.45, 2.75) is 18.5 Å². The molecule has 3 aromatic heterocycles. The van der Waals surface area contributed by atoms with Crippen molar-refractivity contribution in [1.82, 2.24) is 24.8 Å². The first-order valence-electron chi connectivity index (χ1n) is 12.5. The molecule has 7 nitrogen and oxygen atoms in total. The van der Waals surface area contributed by atoms with Gasteiger partial charge in [-0.05, 0) is 60.1 Å². The van der Waals surface area contributed by atoms with E-state index in [-0.39, 0.29) is 24.4 Å². The predicted molar refractivity (Wildman–Crippen MR) is 153 cm³/mol. The highest BCUT2D eigenvalue weighted by Gasteiger charge is 2.41. The number of pyridine rings is 2. The lowest BCUT2D eigenvalue weighted by Gasteiger charge is -2.28. The van der Waals surface area contributed by atoms with Crippen LogP contribution in [0.1, 0.15) is 29.9 Å². The molecular formula is C30H26N6OS. The molecule has 1 fully saturated rings. The van der Waals surface area contributed by atoms with E-state index < -0.39 is 0 Å². The summed E-state index contributed by atoms with van der Waals surface area (Å²) in [6.07, 6.45) is 7.67. The van der Waals surface area contributed by atoms with Crippen LogP contribution in [0.5, 0.6) is 0 Å². The highest BCUT2D eigenvalue weighted by atomic mass is 32.1. The highest BCUT2D eigenvalue weighted by molar-refractivity contribution is 7.80. The average Bonchev–Trinajstić information content (AvgIpc) is 3.57. The number of hydrogen-bond donors (Lipinski definition) is 2. The summed E-state index contributed by atoms with van der Waals surface area (Å²) in [6.45, 7) is 0.456. The van der Waals surface area contributed by atoms with Crippen molar-refractivity contribution in [2.24, 2.45) is 0 Å². The Morgan fingerprint density at radius 2 is 1.74 bits per heavy atom. The van der Waals surface area contributed by atoms with Crippen molar-refractivity contribution < 1.29 is 4.79 Å². The van der Waals surface area contributed by atoms with Crippen LogP contribution in [0.25, 0.3) is 16.5 Å². The zero-order valence-electron chi connectivity index (χ0n) is 20.6. The fraction of sp³-hybridized carbons (Fsp3) is 0.133. The summed E-state index contributed by atoms with van der Waals surface area (Å²) in [6, 6.07) is 27.6. The first-order chi connectivity index (χ1) is 18.7. The van der Waals surface area contributed by atoms with E-state index in [0.29, 0.717) is 11.7 Å². The molecule has 2 atom stereocenters. The summed E-state index contributed by atoms with van der Waals surface area (Å²) in [5.41, 5.74) is 3.76. The third-order valence-electron chi connectivity index (χ3n) is 6.87. The Hall–Kier alpha value is -4.56. The van der Waals surface area contributed by atoms with E-state index in [0.717, 1.165) is 33.5 Å². The predicted octanol–water partition coefficient (Wildman–Crippen LogP) is 5.42. The minimum Gasteiger partial charge on any atom is -0.352 e. The summed E-state index contributed by atoms with van der Waals surface area (Å²) < 4.78 is 2.14. The van der Waals surface area contributed by atoms with Crippen LogP contribution in [0.2, 0.25) is 0 Å². The van der Waals surface area contributed by atoms with Crippen LogP contribution in [-0.2, 0) is 4.79 Å². The van der Waals surface area contributed by atoms with Gasteiger partial charge in [0.2, 0.25) is 5.91 Å². The fourth-order valence-corrected chi connectivity index (χ4v) is 5.44. The van der Waals surface area contributed by atoms with Gasteiger partial charge in [0.15, 0.2) is 5.11 Å². The van der Waals surface area contributed by atoms with E-state index >= 15 is 0 Å². The average molecular weight is 519 g/mol. The Bertz CT molecular complexity index is 1580. The van der Waals surface area contributed by atoms with Crippen LogP contribution in [-0.4, -0.2) is 37.0 Å². The number of nitrogens with one attached hydrogen (secondary N) is 2. The first kappa shape index (κ1) is 23.8. The van der Waals surface area contributed by atoms with Crippen molar-refractivity contribution in [1.29, 1.82) is 0 Å². The van der Waals surface area contributed by atoms with Crippen LogP contribution in [0.3, 0.4) is 0 Å². The molecule has 0 saturated carbocycles. The summed E-state index contributed by atoms with van der Waals surface area (Å²) in [4.78, 5) is 24.0. The van der Waals surface area contributed by atoms with Gasteiger partial charge < -0.3 is 20.1 Å². The molecule has 2 aromatic carbocycles.